The Kier molecular flexibility index (Phi) is 7.57. The molecule has 0 atom stereocenters. The van der Waals surface area contributed by atoms with Crippen molar-refractivity contribution in [1.29, 1.82) is 0 Å². The van der Waals surface area contributed by atoms with Crippen LogP contribution in [0.2, 0.25) is 0 Å². The summed E-state index contributed by atoms with van der Waals surface area (Å²) >= 11 is 0. The molecule has 0 radical (unpaired) electrons. The summed E-state index contributed by atoms with van der Waals surface area (Å²) in [5.74, 6) is -0.133. The topological polar surface area (TPSA) is 78.5 Å². The van der Waals surface area contributed by atoms with Crippen molar-refractivity contribution in [1.82, 2.24) is 10.2 Å². The third-order valence-electron chi connectivity index (χ3n) is 6.61. The van der Waals surface area contributed by atoms with Gasteiger partial charge < -0.3 is 5.32 Å². The van der Waals surface area contributed by atoms with E-state index >= 15 is 0 Å². The fourth-order valence-electron chi connectivity index (χ4n) is 4.43. The fraction of sp³-hybridized carbons (Fsp3) is 0.321. The van der Waals surface area contributed by atoms with Crippen LogP contribution in [-0.4, -0.2) is 38.4 Å². The number of aryl methyl sites for hydroxylation is 3. The van der Waals surface area contributed by atoms with Gasteiger partial charge in [0.2, 0.25) is 0 Å². The van der Waals surface area contributed by atoms with Crippen LogP contribution in [0.1, 0.15) is 45.5 Å². The van der Waals surface area contributed by atoms with Crippen LogP contribution in [0.4, 0.5) is 5.69 Å². The quantitative estimate of drug-likeness (QED) is 0.497. The fourth-order valence-corrected chi connectivity index (χ4v) is 5.82. The highest BCUT2D eigenvalue weighted by molar-refractivity contribution is 7.92. The van der Waals surface area contributed by atoms with Gasteiger partial charge in [0.05, 0.1) is 4.90 Å². The first kappa shape index (κ1) is 24.9. The number of hydrogen-bond acceptors (Lipinski definition) is 4. The van der Waals surface area contributed by atoms with Gasteiger partial charge in [-0.15, -0.1) is 0 Å². The van der Waals surface area contributed by atoms with Crippen LogP contribution < -0.4 is 10.0 Å². The van der Waals surface area contributed by atoms with Gasteiger partial charge in [-0.25, -0.2) is 8.42 Å². The van der Waals surface area contributed by atoms with Crippen LogP contribution in [0.15, 0.2) is 71.6 Å². The molecule has 1 heterocycles. The number of amides is 1. The molecule has 1 saturated heterocycles. The summed E-state index contributed by atoms with van der Waals surface area (Å²) in [7, 11) is -3.71. The molecule has 3 aromatic carbocycles. The predicted octanol–water partition coefficient (Wildman–Crippen LogP) is 4.81. The number of piperidine rings is 1. The molecular weight excluding hydrogens is 458 g/mol. The van der Waals surface area contributed by atoms with Crippen LogP contribution in [0.25, 0.3) is 0 Å². The van der Waals surface area contributed by atoms with E-state index in [9.17, 15) is 13.2 Å². The summed E-state index contributed by atoms with van der Waals surface area (Å²) in [6.07, 6.45) is 1.82. The number of benzene rings is 3. The zero-order valence-corrected chi connectivity index (χ0v) is 21.4. The molecule has 1 aliphatic heterocycles. The summed E-state index contributed by atoms with van der Waals surface area (Å²) < 4.78 is 28.3. The smallest absolute Gasteiger partial charge is 0.262 e. The molecule has 0 saturated carbocycles. The third-order valence-corrected chi connectivity index (χ3v) is 8.13. The Bertz CT molecular complexity index is 1300. The number of nitrogens with zero attached hydrogens (tertiary/aromatic N) is 1. The Morgan fingerprint density at radius 3 is 2.29 bits per heavy atom. The Morgan fingerprint density at radius 2 is 1.60 bits per heavy atom. The van der Waals surface area contributed by atoms with Gasteiger partial charge in [-0.1, -0.05) is 36.4 Å². The molecule has 0 spiro atoms. The van der Waals surface area contributed by atoms with E-state index in [4.69, 9.17) is 0 Å². The highest BCUT2D eigenvalue weighted by Gasteiger charge is 2.22. The monoisotopic (exact) mass is 491 g/mol. The molecule has 4 rings (SSSR count). The molecule has 35 heavy (non-hydrogen) atoms. The molecule has 0 aromatic heterocycles. The number of carbonyl (C=O) groups excluding carboxylic acids is 1. The van der Waals surface area contributed by atoms with Crippen molar-refractivity contribution in [3.05, 3.63) is 94.5 Å². The van der Waals surface area contributed by atoms with E-state index in [0.717, 1.165) is 38.0 Å². The molecule has 0 unspecified atom stereocenters. The van der Waals surface area contributed by atoms with Crippen molar-refractivity contribution in [2.45, 2.75) is 51.1 Å². The molecule has 184 valence electrons. The minimum absolute atomic E-state index is 0.133. The SMILES string of the molecule is Cc1ccc(C)c(S(=O)(=O)Nc2ccc(C(=O)NC3CCN(Cc4ccccc4C)CC3)cc2)c1. The Hall–Kier alpha value is -3.16. The highest BCUT2D eigenvalue weighted by Crippen LogP contribution is 2.21. The molecule has 0 bridgehead atoms. The van der Waals surface area contributed by atoms with Crippen LogP contribution in [0, 0.1) is 20.8 Å². The average molecular weight is 492 g/mol. The highest BCUT2D eigenvalue weighted by atomic mass is 32.2. The first-order valence-corrected chi connectivity index (χ1v) is 13.5. The summed E-state index contributed by atoms with van der Waals surface area (Å²) in [4.78, 5) is 15.5. The molecule has 7 heteroatoms. The second kappa shape index (κ2) is 10.6. The second-order valence-corrected chi connectivity index (χ2v) is 11.1. The lowest BCUT2D eigenvalue weighted by atomic mass is 10.0. The van der Waals surface area contributed by atoms with Gasteiger partial charge in [0.15, 0.2) is 0 Å². The lowest BCUT2D eigenvalue weighted by Gasteiger charge is -2.32. The van der Waals surface area contributed by atoms with E-state index in [1.807, 2.05) is 13.0 Å². The molecule has 1 amide bonds. The van der Waals surface area contributed by atoms with Crippen molar-refractivity contribution in [3.63, 3.8) is 0 Å². The van der Waals surface area contributed by atoms with Crippen molar-refractivity contribution < 1.29 is 13.2 Å². The van der Waals surface area contributed by atoms with Crippen molar-refractivity contribution in [3.8, 4) is 0 Å². The largest absolute Gasteiger partial charge is 0.349 e. The van der Waals surface area contributed by atoms with Crippen LogP contribution in [-0.2, 0) is 16.6 Å². The molecule has 3 aromatic rings. The van der Waals surface area contributed by atoms with E-state index in [2.05, 4.69) is 46.1 Å². The Labute approximate surface area is 208 Å². The van der Waals surface area contributed by atoms with Crippen LogP contribution in [0.3, 0.4) is 0 Å². The summed E-state index contributed by atoms with van der Waals surface area (Å²) in [5.41, 5.74) is 5.16. The molecule has 0 aliphatic carbocycles. The lowest BCUT2D eigenvalue weighted by molar-refractivity contribution is 0.0909. The van der Waals surface area contributed by atoms with Gasteiger partial charge in [0, 0.05) is 36.9 Å². The molecular formula is C28H33N3O3S. The number of anilines is 1. The van der Waals surface area contributed by atoms with Gasteiger partial charge in [0.1, 0.15) is 0 Å². The van der Waals surface area contributed by atoms with Gasteiger partial charge >= 0.3 is 0 Å². The van der Waals surface area contributed by atoms with Gasteiger partial charge in [-0.3, -0.25) is 14.4 Å². The molecule has 1 aliphatic rings. The van der Waals surface area contributed by atoms with Crippen molar-refractivity contribution >= 4 is 21.6 Å². The number of rotatable bonds is 7. The summed E-state index contributed by atoms with van der Waals surface area (Å²) in [6.45, 7) is 8.60. The Balaban J connectivity index is 1.31. The standard InChI is InChI=1S/C28H33N3O3S/c1-20-8-9-22(3)27(18-20)35(33,34)30-26-12-10-23(11-13-26)28(32)29-25-14-16-31(17-15-25)19-24-7-5-4-6-21(24)2/h4-13,18,25,30H,14-17,19H2,1-3H3,(H,29,32). The zero-order chi connectivity index (χ0) is 25.0. The molecule has 2 N–H and O–H groups in total. The van der Waals surface area contributed by atoms with Crippen LogP contribution in [0.5, 0.6) is 0 Å². The lowest BCUT2D eigenvalue weighted by Crippen LogP contribution is -2.44. The number of hydrogen-bond donors (Lipinski definition) is 2. The van der Waals surface area contributed by atoms with E-state index in [1.165, 1.54) is 11.1 Å². The molecule has 6 nitrogen and oxygen atoms in total. The molecule has 1 fully saturated rings. The van der Waals surface area contributed by atoms with Crippen LogP contribution >= 0.6 is 0 Å². The van der Waals surface area contributed by atoms with E-state index in [1.54, 1.807) is 43.3 Å². The number of nitrogens with one attached hydrogen (secondary N) is 2. The predicted molar refractivity (Wildman–Crippen MR) is 140 cm³/mol. The maximum absolute atomic E-state index is 12.8. The minimum atomic E-state index is -3.71. The number of sulfonamides is 1. The average Bonchev–Trinajstić information content (AvgIpc) is 2.83. The maximum atomic E-state index is 12.8. The second-order valence-electron chi connectivity index (χ2n) is 9.40. The number of likely N-dealkylation sites (tertiary alicyclic amines) is 1. The minimum Gasteiger partial charge on any atom is -0.349 e. The van der Waals surface area contributed by atoms with Gasteiger partial charge in [-0.2, -0.15) is 0 Å². The first-order chi connectivity index (χ1) is 16.7. The summed E-state index contributed by atoms with van der Waals surface area (Å²) in [6, 6.07) is 20.5. The summed E-state index contributed by atoms with van der Waals surface area (Å²) in [5, 5.41) is 3.13. The van der Waals surface area contributed by atoms with Gasteiger partial charge in [0.25, 0.3) is 15.9 Å². The van der Waals surface area contributed by atoms with Crippen molar-refractivity contribution in [2.75, 3.05) is 17.8 Å². The van der Waals surface area contributed by atoms with Gasteiger partial charge in [-0.05, 0) is 86.2 Å². The zero-order valence-electron chi connectivity index (χ0n) is 20.5. The number of carbonyl (C=O) groups is 1. The third kappa shape index (κ3) is 6.29. The van der Waals surface area contributed by atoms with Crippen molar-refractivity contribution in [2.24, 2.45) is 0 Å². The van der Waals surface area contributed by atoms with E-state index < -0.39 is 10.0 Å². The Morgan fingerprint density at radius 1 is 0.914 bits per heavy atom. The normalized spacial score (nSPS) is 15.1. The first-order valence-electron chi connectivity index (χ1n) is 12.0. The van der Waals surface area contributed by atoms with E-state index in [-0.39, 0.29) is 16.8 Å². The maximum Gasteiger partial charge on any atom is 0.262 e. The van der Waals surface area contributed by atoms with E-state index in [0.29, 0.717) is 16.8 Å².